The van der Waals surface area contributed by atoms with Crippen molar-refractivity contribution in [3.63, 3.8) is 0 Å². The van der Waals surface area contributed by atoms with E-state index in [1.807, 2.05) is 12.1 Å². The fourth-order valence-electron chi connectivity index (χ4n) is 1.83. The third-order valence-corrected chi connectivity index (χ3v) is 4.38. The molecule has 0 radical (unpaired) electrons. The van der Waals surface area contributed by atoms with E-state index in [0.717, 1.165) is 20.9 Å². The maximum Gasteiger partial charge on any atom is 0.323 e. The highest BCUT2D eigenvalue weighted by molar-refractivity contribution is 14.1. The smallest absolute Gasteiger partial charge is 0.323 e. The molecule has 0 atom stereocenters. The molecule has 1 aliphatic carbocycles. The molecule has 1 aromatic carbocycles. The van der Waals surface area contributed by atoms with Crippen molar-refractivity contribution in [2.24, 2.45) is 5.92 Å². The van der Waals surface area contributed by atoms with Crippen LogP contribution in [0.15, 0.2) is 22.7 Å². The normalized spacial score (nSPS) is 14.2. The Morgan fingerprint density at radius 3 is 2.68 bits per heavy atom. The fourth-order valence-corrected chi connectivity index (χ4v) is 2.75. The molecule has 0 aromatic heterocycles. The first-order valence-electron chi connectivity index (χ1n) is 5.93. The number of carboxylic acids is 1. The van der Waals surface area contributed by atoms with Gasteiger partial charge < -0.3 is 10.0 Å². The summed E-state index contributed by atoms with van der Waals surface area (Å²) in [5, 5.41) is 8.93. The van der Waals surface area contributed by atoms with Crippen LogP contribution in [0.2, 0.25) is 0 Å². The Morgan fingerprint density at radius 1 is 1.42 bits per heavy atom. The van der Waals surface area contributed by atoms with E-state index >= 15 is 0 Å². The molecule has 0 aliphatic heterocycles. The van der Waals surface area contributed by atoms with E-state index in [-0.39, 0.29) is 12.5 Å². The van der Waals surface area contributed by atoms with Crippen LogP contribution in [0.3, 0.4) is 0 Å². The Labute approximate surface area is 133 Å². The molecule has 1 aliphatic rings. The summed E-state index contributed by atoms with van der Waals surface area (Å²) in [5.41, 5.74) is 0.553. The zero-order valence-electron chi connectivity index (χ0n) is 10.1. The van der Waals surface area contributed by atoms with Gasteiger partial charge in [-0.15, -0.1) is 0 Å². The van der Waals surface area contributed by atoms with Crippen LogP contribution in [-0.4, -0.2) is 35.0 Å². The summed E-state index contributed by atoms with van der Waals surface area (Å²) in [4.78, 5) is 24.8. The number of halogens is 2. The SMILES string of the molecule is O=C(O)CN(CC1CC1)C(=O)c1cc(Br)ccc1I. The highest BCUT2D eigenvalue weighted by Gasteiger charge is 2.29. The van der Waals surface area contributed by atoms with Crippen molar-refractivity contribution in [3.8, 4) is 0 Å². The molecule has 2 rings (SSSR count). The van der Waals surface area contributed by atoms with Gasteiger partial charge in [0.25, 0.3) is 5.91 Å². The summed E-state index contributed by atoms with van der Waals surface area (Å²) in [6, 6.07) is 5.45. The quantitative estimate of drug-likeness (QED) is 0.720. The number of aliphatic carboxylic acids is 1. The minimum absolute atomic E-state index is 0.208. The molecule has 0 unspecified atom stereocenters. The number of rotatable bonds is 5. The predicted molar refractivity (Wildman–Crippen MR) is 83.1 cm³/mol. The zero-order valence-corrected chi connectivity index (χ0v) is 13.8. The van der Waals surface area contributed by atoms with Crippen LogP contribution in [0.4, 0.5) is 0 Å². The van der Waals surface area contributed by atoms with Crippen LogP contribution >= 0.6 is 38.5 Å². The van der Waals surface area contributed by atoms with E-state index in [4.69, 9.17) is 5.11 Å². The summed E-state index contributed by atoms with van der Waals surface area (Å²) < 4.78 is 1.65. The van der Waals surface area contributed by atoms with Gasteiger partial charge in [-0.05, 0) is 59.5 Å². The molecule has 102 valence electrons. The van der Waals surface area contributed by atoms with Crippen molar-refractivity contribution in [1.82, 2.24) is 4.90 Å². The Bertz CT molecular complexity index is 517. The first-order valence-corrected chi connectivity index (χ1v) is 7.80. The molecule has 0 saturated heterocycles. The van der Waals surface area contributed by atoms with Crippen LogP contribution in [0, 0.1) is 9.49 Å². The summed E-state index contributed by atoms with van der Waals surface area (Å²) in [7, 11) is 0. The molecule has 1 N–H and O–H groups in total. The lowest BCUT2D eigenvalue weighted by molar-refractivity contribution is -0.137. The number of amides is 1. The Balaban J connectivity index is 2.21. The van der Waals surface area contributed by atoms with E-state index < -0.39 is 5.97 Å². The average Bonchev–Trinajstić information content (AvgIpc) is 3.14. The summed E-state index contributed by atoms with van der Waals surface area (Å²) in [5.74, 6) is -0.716. The number of benzene rings is 1. The van der Waals surface area contributed by atoms with Crippen molar-refractivity contribution in [2.75, 3.05) is 13.1 Å². The van der Waals surface area contributed by atoms with Gasteiger partial charge in [0, 0.05) is 14.6 Å². The average molecular weight is 438 g/mol. The largest absolute Gasteiger partial charge is 0.480 e. The molecule has 1 fully saturated rings. The van der Waals surface area contributed by atoms with Gasteiger partial charge in [-0.25, -0.2) is 0 Å². The van der Waals surface area contributed by atoms with E-state index in [1.165, 1.54) is 4.90 Å². The molecule has 0 bridgehead atoms. The van der Waals surface area contributed by atoms with Crippen molar-refractivity contribution in [3.05, 3.63) is 31.8 Å². The standard InChI is InChI=1S/C13H13BrINO3/c14-9-3-4-11(15)10(5-9)13(19)16(7-12(17)18)6-8-1-2-8/h3-5,8H,1-2,6-7H2,(H,17,18). The molecule has 1 saturated carbocycles. The molecule has 1 aromatic rings. The number of hydrogen-bond acceptors (Lipinski definition) is 2. The predicted octanol–water partition coefficient (Wildman–Crippen LogP) is 2.99. The monoisotopic (exact) mass is 437 g/mol. The number of carboxylic acid groups (broad SMARTS) is 1. The third kappa shape index (κ3) is 4.17. The van der Waals surface area contributed by atoms with E-state index in [1.54, 1.807) is 6.07 Å². The summed E-state index contributed by atoms with van der Waals surface area (Å²) in [6.45, 7) is 0.297. The highest BCUT2D eigenvalue weighted by atomic mass is 127. The number of nitrogens with zero attached hydrogens (tertiary/aromatic N) is 1. The number of hydrogen-bond donors (Lipinski definition) is 1. The maximum absolute atomic E-state index is 12.5. The Morgan fingerprint density at radius 2 is 2.11 bits per heavy atom. The fraction of sp³-hybridized carbons (Fsp3) is 0.385. The lowest BCUT2D eigenvalue weighted by atomic mass is 10.2. The minimum atomic E-state index is -0.973. The van der Waals surface area contributed by atoms with Gasteiger partial charge in [0.1, 0.15) is 6.54 Å². The molecular weight excluding hydrogens is 425 g/mol. The molecule has 0 heterocycles. The molecule has 6 heteroatoms. The van der Waals surface area contributed by atoms with Gasteiger partial charge in [-0.1, -0.05) is 15.9 Å². The summed E-state index contributed by atoms with van der Waals surface area (Å²) in [6.07, 6.45) is 2.16. The zero-order chi connectivity index (χ0) is 14.0. The van der Waals surface area contributed by atoms with Crippen molar-refractivity contribution in [2.45, 2.75) is 12.8 Å². The van der Waals surface area contributed by atoms with Crippen molar-refractivity contribution in [1.29, 1.82) is 0 Å². The first-order chi connectivity index (χ1) is 8.97. The Kier molecular flexibility index (Phi) is 4.83. The highest BCUT2D eigenvalue weighted by Crippen LogP contribution is 2.30. The van der Waals surface area contributed by atoms with Crippen LogP contribution in [0.5, 0.6) is 0 Å². The maximum atomic E-state index is 12.5. The van der Waals surface area contributed by atoms with Gasteiger partial charge in [0.2, 0.25) is 0 Å². The second kappa shape index (κ2) is 6.21. The molecule has 19 heavy (non-hydrogen) atoms. The van der Waals surface area contributed by atoms with Crippen LogP contribution in [0.1, 0.15) is 23.2 Å². The van der Waals surface area contributed by atoms with Crippen molar-refractivity contribution >= 4 is 50.4 Å². The second-order valence-corrected chi connectivity index (χ2v) is 6.72. The van der Waals surface area contributed by atoms with Gasteiger partial charge in [0.15, 0.2) is 0 Å². The van der Waals surface area contributed by atoms with Crippen molar-refractivity contribution < 1.29 is 14.7 Å². The van der Waals surface area contributed by atoms with Gasteiger partial charge >= 0.3 is 5.97 Å². The second-order valence-electron chi connectivity index (χ2n) is 4.65. The van der Waals surface area contributed by atoms with Gasteiger partial charge in [0.05, 0.1) is 5.56 Å². The topological polar surface area (TPSA) is 57.6 Å². The lowest BCUT2D eigenvalue weighted by Crippen LogP contribution is -2.37. The molecule has 0 spiro atoms. The third-order valence-electron chi connectivity index (χ3n) is 2.95. The molecular formula is C13H13BrINO3. The number of carbonyl (C=O) groups excluding carboxylic acids is 1. The molecule has 1 amide bonds. The minimum Gasteiger partial charge on any atom is -0.480 e. The number of carbonyl (C=O) groups is 2. The van der Waals surface area contributed by atoms with E-state index in [9.17, 15) is 9.59 Å². The lowest BCUT2D eigenvalue weighted by Gasteiger charge is -2.21. The van der Waals surface area contributed by atoms with E-state index in [0.29, 0.717) is 18.0 Å². The first kappa shape index (κ1) is 14.8. The van der Waals surface area contributed by atoms with E-state index in [2.05, 4.69) is 38.5 Å². The molecule has 4 nitrogen and oxygen atoms in total. The van der Waals surface area contributed by atoms with Crippen LogP contribution < -0.4 is 0 Å². The summed E-state index contributed by atoms with van der Waals surface area (Å²) >= 11 is 5.43. The van der Waals surface area contributed by atoms with Gasteiger partial charge in [-0.2, -0.15) is 0 Å². The van der Waals surface area contributed by atoms with Crippen LogP contribution in [-0.2, 0) is 4.79 Å². The van der Waals surface area contributed by atoms with Gasteiger partial charge in [-0.3, -0.25) is 9.59 Å². The Hall–Kier alpha value is -0.630. The van der Waals surface area contributed by atoms with Crippen LogP contribution in [0.25, 0.3) is 0 Å².